The summed E-state index contributed by atoms with van der Waals surface area (Å²) in [5.41, 5.74) is 7.58. The number of aromatic nitrogens is 2. The molecule has 0 fully saturated rings. The van der Waals surface area contributed by atoms with Gasteiger partial charge in [-0.25, -0.2) is 4.98 Å². The van der Waals surface area contributed by atoms with Crippen LogP contribution in [0.25, 0.3) is 39.2 Å². The Labute approximate surface area is 228 Å². The van der Waals surface area contributed by atoms with E-state index in [2.05, 4.69) is 129 Å². The second-order valence-electron chi connectivity index (χ2n) is 11.7. The second-order valence-corrected chi connectivity index (χ2v) is 12.5. The number of rotatable bonds is 3. The lowest BCUT2D eigenvalue weighted by Gasteiger charge is -2.27. The van der Waals surface area contributed by atoms with Gasteiger partial charge in [0, 0.05) is 15.6 Å². The van der Waals surface area contributed by atoms with E-state index >= 15 is 0 Å². The van der Waals surface area contributed by atoms with Gasteiger partial charge in [0.25, 0.3) is 0 Å². The van der Waals surface area contributed by atoms with Gasteiger partial charge < -0.3 is 5.11 Å². The summed E-state index contributed by atoms with van der Waals surface area (Å²) in [6.45, 7) is 13.0. The molecule has 0 radical (unpaired) electrons. The van der Waals surface area contributed by atoms with E-state index in [0.717, 1.165) is 49.3 Å². The summed E-state index contributed by atoms with van der Waals surface area (Å²) >= 11 is 3.73. The lowest BCUT2D eigenvalue weighted by atomic mass is 9.79. The largest absolute Gasteiger partial charge is 0.507 e. The number of phenolic OH excluding ortho intramolecular Hbond substituents is 1. The van der Waals surface area contributed by atoms with Crippen molar-refractivity contribution < 1.29 is 5.11 Å². The highest BCUT2D eigenvalue weighted by molar-refractivity contribution is 9.10. The van der Waals surface area contributed by atoms with Crippen molar-refractivity contribution in [2.75, 3.05) is 0 Å². The molecule has 0 aliphatic heterocycles. The molecule has 0 atom stereocenters. The molecule has 5 aromatic rings. The Bertz CT molecular complexity index is 1600. The highest BCUT2D eigenvalue weighted by atomic mass is 79.9. The first-order chi connectivity index (χ1) is 17.5. The molecule has 1 heterocycles. The van der Waals surface area contributed by atoms with E-state index in [9.17, 15) is 5.11 Å². The zero-order chi connectivity index (χ0) is 26.5. The molecule has 4 aromatic carbocycles. The van der Waals surface area contributed by atoms with E-state index < -0.39 is 0 Å². The molecular weight excluding hydrogens is 520 g/mol. The average Bonchev–Trinajstić information content (AvgIpc) is 3.24. The molecule has 1 N–H and O–H groups in total. The number of aromatic hydroxyl groups is 1. The second kappa shape index (κ2) is 9.18. The van der Waals surface area contributed by atoms with Crippen molar-refractivity contribution in [3.05, 3.63) is 101 Å². The fraction of sp³-hybridized carbons (Fsp3) is 0.242. The number of nitrogens with zero attached hydrogens (tertiary/aromatic N) is 2. The van der Waals surface area contributed by atoms with Gasteiger partial charge in [-0.1, -0.05) is 102 Å². The van der Waals surface area contributed by atoms with Crippen LogP contribution >= 0.6 is 15.9 Å². The van der Waals surface area contributed by atoms with Crippen LogP contribution in [0.1, 0.15) is 52.7 Å². The maximum absolute atomic E-state index is 11.8. The zero-order valence-electron chi connectivity index (χ0n) is 22.3. The standard InChI is InChI=1S/C33H33BrN2O/c1-32(2,3)22-19-24(30(37)25(20-22)33(4,5)6)31-35-29-26(34)16-12-18-28(29)36(31)27-17-11-10-15-23(27)21-13-8-7-9-14-21/h7-20,37H,1-6H3. The summed E-state index contributed by atoms with van der Waals surface area (Å²) in [5.74, 6) is 1.00. The number of hydrogen-bond donors (Lipinski definition) is 1. The normalized spacial score (nSPS) is 12.3. The minimum Gasteiger partial charge on any atom is -0.507 e. The van der Waals surface area contributed by atoms with Gasteiger partial charge in [0.1, 0.15) is 17.1 Å². The topological polar surface area (TPSA) is 38.0 Å². The van der Waals surface area contributed by atoms with Gasteiger partial charge in [0.15, 0.2) is 0 Å². The van der Waals surface area contributed by atoms with E-state index in [0.29, 0.717) is 0 Å². The fourth-order valence-electron chi connectivity index (χ4n) is 4.83. The molecule has 0 aliphatic carbocycles. The monoisotopic (exact) mass is 552 g/mol. The first-order valence-electron chi connectivity index (χ1n) is 12.7. The molecule has 188 valence electrons. The minimum absolute atomic E-state index is 0.0954. The molecule has 0 unspecified atom stereocenters. The van der Waals surface area contributed by atoms with Crippen LogP contribution in [0.15, 0.2) is 89.4 Å². The lowest BCUT2D eigenvalue weighted by Crippen LogP contribution is -2.17. The third-order valence-corrected chi connectivity index (χ3v) is 7.53. The molecule has 0 amide bonds. The number of hydrogen-bond acceptors (Lipinski definition) is 2. The summed E-state index contributed by atoms with van der Waals surface area (Å²) in [5, 5.41) is 11.8. The third kappa shape index (κ3) is 4.59. The van der Waals surface area contributed by atoms with Crippen molar-refractivity contribution in [3.63, 3.8) is 0 Å². The first kappa shape index (κ1) is 25.3. The number of imidazole rings is 1. The maximum atomic E-state index is 11.8. The van der Waals surface area contributed by atoms with Crippen LogP contribution in [0.5, 0.6) is 5.75 Å². The maximum Gasteiger partial charge on any atom is 0.149 e. The van der Waals surface area contributed by atoms with Crippen molar-refractivity contribution in [1.82, 2.24) is 9.55 Å². The van der Waals surface area contributed by atoms with Gasteiger partial charge in [-0.15, -0.1) is 0 Å². The third-order valence-electron chi connectivity index (χ3n) is 6.89. The van der Waals surface area contributed by atoms with Crippen molar-refractivity contribution in [2.45, 2.75) is 52.4 Å². The van der Waals surface area contributed by atoms with E-state index in [1.54, 1.807) is 0 Å². The van der Waals surface area contributed by atoms with Gasteiger partial charge in [0.2, 0.25) is 0 Å². The summed E-state index contributed by atoms with van der Waals surface area (Å²) in [6, 6.07) is 29.2. The SMILES string of the molecule is CC(C)(C)c1cc(-c2nc3c(Br)cccc3n2-c2ccccc2-c2ccccc2)c(O)c(C(C)(C)C)c1. The Balaban J connectivity index is 1.92. The Morgan fingerprint density at radius 1 is 0.730 bits per heavy atom. The highest BCUT2D eigenvalue weighted by Gasteiger charge is 2.28. The fourth-order valence-corrected chi connectivity index (χ4v) is 5.27. The quantitative estimate of drug-likeness (QED) is 0.242. The van der Waals surface area contributed by atoms with Crippen molar-refractivity contribution in [2.24, 2.45) is 0 Å². The Hall–Kier alpha value is -3.37. The van der Waals surface area contributed by atoms with Crippen LogP contribution < -0.4 is 0 Å². The summed E-state index contributed by atoms with van der Waals surface area (Å²) < 4.78 is 3.11. The van der Waals surface area contributed by atoms with Crippen LogP contribution in [0.2, 0.25) is 0 Å². The minimum atomic E-state index is -0.237. The lowest BCUT2D eigenvalue weighted by molar-refractivity contribution is 0.446. The molecule has 0 saturated carbocycles. The molecular formula is C33H33BrN2O. The molecule has 0 bridgehead atoms. The Morgan fingerprint density at radius 3 is 2.08 bits per heavy atom. The van der Waals surface area contributed by atoms with Gasteiger partial charge in [-0.2, -0.15) is 0 Å². The summed E-state index contributed by atoms with van der Waals surface area (Å²) in [4.78, 5) is 5.16. The summed E-state index contributed by atoms with van der Waals surface area (Å²) in [6.07, 6.45) is 0. The average molecular weight is 554 g/mol. The van der Waals surface area contributed by atoms with E-state index in [1.807, 2.05) is 18.2 Å². The van der Waals surface area contributed by atoms with Gasteiger partial charge in [0.05, 0.1) is 16.8 Å². The molecule has 37 heavy (non-hydrogen) atoms. The van der Waals surface area contributed by atoms with Gasteiger partial charge in [-0.3, -0.25) is 4.57 Å². The van der Waals surface area contributed by atoms with Crippen LogP contribution in [0.3, 0.4) is 0 Å². The predicted octanol–water partition coefficient (Wildman–Crippen LogP) is 9.42. The number of para-hydroxylation sites is 2. The first-order valence-corrected chi connectivity index (χ1v) is 13.5. The highest BCUT2D eigenvalue weighted by Crippen LogP contribution is 2.44. The summed E-state index contributed by atoms with van der Waals surface area (Å²) in [7, 11) is 0. The molecule has 5 rings (SSSR count). The molecule has 0 aliphatic rings. The van der Waals surface area contributed by atoms with Gasteiger partial charge in [-0.05, 0) is 62.2 Å². The van der Waals surface area contributed by atoms with E-state index in [4.69, 9.17) is 4.98 Å². The van der Waals surface area contributed by atoms with Crippen molar-refractivity contribution >= 4 is 27.0 Å². The van der Waals surface area contributed by atoms with E-state index in [1.165, 1.54) is 5.56 Å². The molecule has 1 aromatic heterocycles. The number of fused-ring (bicyclic) bond motifs is 1. The van der Waals surface area contributed by atoms with Crippen molar-refractivity contribution in [1.29, 1.82) is 0 Å². The molecule has 0 spiro atoms. The molecule has 3 nitrogen and oxygen atoms in total. The van der Waals surface area contributed by atoms with E-state index in [-0.39, 0.29) is 16.6 Å². The molecule has 0 saturated heterocycles. The van der Waals surface area contributed by atoms with Crippen LogP contribution in [0.4, 0.5) is 0 Å². The number of phenols is 1. The number of benzene rings is 4. The predicted molar refractivity (Wildman–Crippen MR) is 159 cm³/mol. The van der Waals surface area contributed by atoms with Crippen LogP contribution in [0, 0.1) is 0 Å². The molecule has 4 heteroatoms. The smallest absolute Gasteiger partial charge is 0.149 e. The van der Waals surface area contributed by atoms with Crippen LogP contribution in [-0.2, 0) is 10.8 Å². The zero-order valence-corrected chi connectivity index (χ0v) is 23.9. The Morgan fingerprint density at radius 2 is 1.41 bits per heavy atom. The van der Waals surface area contributed by atoms with Gasteiger partial charge >= 0.3 is 0 Å². The number of halogens is 1. The Kier molecular flexibility index (Phi) is 6.27. The van der Waals surface area contributed by atoms with Crippen molar-refractivity contribution in [3.8, 4) is 34.0 Å². The van der Waals surface area contributed by atoms with Crippen LogP contribution in [-0.4, -0.2) is 14.7 Å².